The first-order chi connectivity index (χ1) is 11.2. The minimum Gasteiger partial charge on any atom is -0.304 e. The zero-order chi connectivity index (χ0) is 19.3. The minimum absolute atomic E-state index is 0.207. The maximum Gasteiger partial charge on any atom is 0.471 e. The minimum atomic E-state index is -0.523. The standard InChI is InChI=1S/C16H32N4O4Si/c1-13(2)9-17(10-14(3,4)19(13)21)23-25-24-18-11-15(5,6)20(22)16(7,8)12-18/h9-12H2,1-8H3. The van der Waals surface area contributed by atoms with E-state index >= 15 is 0 Å². The van der Waals surface area contributed by atoms with Crippen LogP contribution in [0.2, 0.25) is 0 Å². The predicted octanol–water partition coefficient (Wildman–Crippen LogP) is 1.42. The molecule has 0 aliphatic carbocycles. The van der Waals surface area contributed by atoms with Crippen LogP contribution in [-0.2, 0) is 19.5 Å². The van der Waals surface area contributed by atoms with E-state index in [-0.39, 0.29) is 10.0 Å². The molecule has 0 atom stereocenters. The van der Waals surface area contributed by atoms with Crippen LogP contribution in [-0.4, -0.2) is 78.6 Å². The Bertz CT molecular complexity index is 409. The SMILES string of the molecule is CC1(C)CN(O[Si]ON2CC(C)(C)N([O])C(C)(C)C2)CC(C)(C)N1[O]. The lowest BCUT2D eigenvalue weighted by atomic mass is 9.92. The Labute approximate surface area is 154 Å². The van der Waals surface area contributed by atoms with Gasteiger partial charge in [-0.2, -0.15) is 10.1 Å². The quantitative estimate of drug-likeness (QED) is 0.695. The van der Waals surface area contributed by atoms with E-state index in [0.29, 0.717) is 26.2 Å². The van der Waals surface area contributed by atoms with Gasteiger partial charge in [0.1, 0.15) is 0 Å². The van der Waals surface area contributed by atoms with Gasteiger partial charge in [0, 0.05) is 26.2 Å². The molecule has 2 fully saturated rings. The zero-order valence-electron chi connectivity index (χ0n) is 16.8. The number of rotatable bonds is 4. The van der Waals surface area contributed by atoms with Crippen molar-refractivity contribution in [3.63, 3.8) is 0 Å². The summed E-state index contributed by atoms with van der Waals surface area (Å²) in [7, 11) is -0.207. The lowest BCUT2D eigenvalue weighted by Crippen LogP contribution is -2.67. The largest absolute Gasteiger partial charge is 0.471 e. The van der Waals surface area contributed by atoms with E-state index in [1.54, 1.807) is 0 Å². The summed E-state index contributed by atoms with van der Waals surface area (Å²) in [4.78, 5) is 0. The van der Waals surface area contributed by atoms with E-state index in [0.717, 1.165) is 10.1 Å². The molecule has 2 heterocycles. The van der Waals surface area contributed by atoms with Gasteiger partial charge in [-0.05, 0) is 55.4 Å². The van der Waals surface area contributed by atoms with E-state index < -0.39 is 22.2 Å². The molecule has 4 radical (unpaired) electrons. The van der Waals surface area contributed by atoms with Gasteiger partial charge in [0.15, 0.2) is 0 Å². The van der Waals surface area contributed by atoms with Crippen LogP contribution in [0.15, 0.2) is 0 Å². The molecule has 0 saturated carbocycles. The Hall–Kier alpha value is -0.103. The van der Waals surface area contributed by atoms with E-state index in [1.165, 1.54) is 0 Å². The van der Waals surface area contributed by atoms with Crippen molar-refractivity contribution in [2.45, 2.75) is 77.5 Å². The molecule has 0 aromatic carbocycles. The van der Waals surface area contributed by atoms with Gasteiger partial charge in [0.25, 0.3) is 0 Å². The van der Waals surface area contributed by atoms with Crippen LogP contribution in [0.25, 0.3) is 0 Å². The molecule has 0 N–H and O–H groups in total. The average molecular weight is 373 g/mol. The van der Waals surface area contributed by atoms with Gasteiger partial charge in [-0.1, -0.05) is 0 Å². The Kier molecular flexibility index (Phi) is 5.77. The molecule has 2 aliphatic rings. The van der Waals surface area contributed by atoms with Crippen molar-refractivity contribution >= 4 is 10.0 Å². The first kappa shape index (κ1) is 21.2. The third-order valence-electron chi connectivity index (χ3n) is 4.79. The summed E-state index contributed by atoms with van der Waals surface area (Å²) in [5.41, 5.74) is -2.09. The number of piperazine rings is 2. The molecule has 2 aliphatic heterocycles. The van der Waals surface area contributed by atoms with Crippen molar-refractivity contribution in [3.8, 4) is 0 Å². The third kappa shape index (κ3) is 4.60. The number of hydrogen-bond donors (Lipinski definition) is 0. The molecule has 8 nitrogen and oxygen atoms in total. The Morgan fingerprint density at radius 1 is 0.600 bits per heavy atom. The highest BCUT2D eigenvalue weighted by Crippen LogP contribution is 2.32. The molecule has 144 valence electrons. The van der Waals surface area contributed by atoms with Crippen LogP contribution in [0, 0.1) is 0 Å². The van der Waals surface area contributed by atoms with Crippen molar-refractivity contribution < 1.29 is 19.5 Å². The van der Waals surface area contributed by atoms with Gasteiger partial charge in [-0.15, -0.1) is 20.5 Å². The van der Waals surface area contributed by atoms with Crippen molar-refractivity contribution in [3.05, 3.63) is 0 Å². The van der Waals surface area contributed by atoms with E-state index in [4.69, 9.17) is 9.05 Å². The van der Waals surface area contributed by atoms with E-state index in [1.807, 2.05) is 65.5 Å². The zero-order valence-corrected chi connectivity index (χ0v) is 17.8. The van der Waals surface area contributed by atoms with Crippen LogP contribution < -0.4 is 0 Å². The van der Waals surface area contributed by atoms with E-state index in [2.05, 4.69) is 0 Å². The second-order valence-corrected chi connectivity index (χ2v) is 10.2. The monoisotopic (exact) mass is 372 g/mol. The number of nitrogens with zero attached hydrogens (tertiary/aromatic N) is 4. The molecule has 0 spiro atoms. The highest BCUT2D eigenvalue weighted by Gasteiger charge is 2.47. The lowest BCUT2D eigenvalue weighted by Gasteiger charge is -2.51. The highest BCUT2D eigenvalue weighted by molar-refractivity contribution is 6.17. The Morgan fingerprint density at radius 3 is 1.08 bits per heavy atom. The molecule has 0 amide bonds. The van der Waals surface area contributed by atoms with Crippen LogP contribution in [0.1, 0.15) is 55.4 Å². The van der Waals surface area contributed by atoms with Gasteiger partial charge < -0.3 is 9.05 Å². The summed E-state index contributed by atoms with van der Waals surface area (Å²) < 4.78 is 11.6. The van der Waals surface area contributed by atoms with Gasteiger partial charge in [0.05, 0.1) is 22.2 Å². The smallest absolute Gasteiger partial charge is 0.304 e. The molecule has 25 heavy (non-hydrogen) atoms. The van der Waals surface area contributed by atoms with Crippen molar-refractivity contribution in [2.75, 3.05) is 26.2 Å². The summed E-state index contributed by atoms with van der Waals surface area (Å²) in [5.74, 6) is 0. The summed E-state index contributed by atoms with van der Waals surface area (Å²) in [6, 6.07) is 0. The van der Waals surface area contributed by atoms with Crippen LogP contribution in [0.4, 0.5) is 0 Å². The summed E-state index contributed by atoms with van der Waals surface area (Å²) in [6.45, 7) is 17.4. The third-order valence-corrected chi connectivity index (χ3v) is 5.45. The van der Waals surface area contributed by atoms with Crippen LogP contribution in [0.5, 0.6) is 0 Å². The molecule has 0 unspecified atom stereocenters. The molecule has 0 aromatic rings. The normalized spacial score (nSPS) is 30.5. The van der Waals surface area contributed by atoms with Crippen LogP contribution >= 0.6 is 0 Å². The van der Waals surface area contributed by atoms with Crippen molar-refractivity contribution in [1.29, 1.82) is 0 Å². The van der Waals surface area contributed by atoms with Gasteiger partial charge >= 0.3 is 10.0 Å². The molecule has 0 aromatic heterocycles. The van der Waals surface area contributed by atoms with Crippen molar-refractivity contribution in [2.24, 2.45) is 0 Å². The van der Waals surface area contributed by atoms with Gasteiger partial charge in [0.2, 0.25) is 0 Å². The van der Waals surface area contributed by atoms with Gasteiger partial charge in [-0.3, -0.25) is 0 Å². The topological polar surface area (TPSA) is 71.2 Å². The predicted molar refractivity (Wildman–Crippen MR) is 92.4 cm³/mol. The fourth-order valence-electron chi connectivity index (χ4n) is 3.98. The van der Waals surface area contributed by atoms with Crippen molar-refractivity contribution in [1.82, 2.24) is 20.3 Å². The fraction of sp³-hybridized carbons (Fsp3) is 1.00. The molecule has 2 saturated heterocycles. The summed E-state index contributed by atoms with van der Waals surface area (Å²) >= 11 is 0. The summed E-state index contributed by atoms with van der Waals surface area (Å²) in [5, 5.41) is 30.7. The maximum absolute atomic E-state index is 12.4. The second-order valence-electron chi connectivity index (χ2n) is 9.70. The maximum atomic E-state index is 12.4. The molecule has 2 rings (SSSR count). The molecular formula is C16H32N4O4Si. The first-order valence-electron chi connectivity index (χ1n) is 8.71. The van der Waals surface area contributed by atoms with Crippen LogP contribution in [0.3, 0.4) is 0 Å². The van der Waals surface area contributed by atoms with E-state index in [9.17, 15) is 10.4 Å². The summed E-state index contributed by atoms with van der Waals surface area (Å²) in [6.07, 6.45) is 0. The molecular weight excluding hydrogens is 340 g/mol. The fourth-order valence-corrected chi connectivity index (χ4v) is 4.49. The van der Waals surface area contributed by atoms with Gasteiger partial charge in [-0.25, -0.2) is 0 Å². The molecule has 0 bridgehead atoms. The number of hydrogen-bond acceptors (Lipinski definition) is 6. The first-order valence-corrected chi connectivity index (χ1v) is 9.53. The Balaban J connectivity index is 1.89. The number of hydroxylamine groups is 8. The molecule has 9 heteroatoms. The highest BCUT2D eigenvalue weighted by atomic mass is 28.3. The average Bonchev–Trinajstić information content (AvgIpc) is 2.41. The second kappa shape index (κ2) is 6.81. The Morgan fingerprint density at radius 2 is 0.840 bits per heavy atom. The lowest BCUT2D eigenvalue weighted by molar-refractivity contribution is -0.330.